The van der Waals surface area contributed by atoms with Gasteiger partial charge in [-0.05, 0) is 6.92 Å². The summed E-state index contributed by atoms with van der Waals surface area (Å²) in [4.78, 5) is 10.1. The molecule has 0 spiro atoms. The number of hydrogen-bond acceptors (Lipinski definition) is 2. The van der Waals surface area contributed by atoms with Crippen molar-refractivity contribution in [1.82, 2.24) is 0 Å². The third-order valence-electron chi connectivity index (χ3n) is 0.929. The van der Waals surface area contributed by atoms with Gasteiger partial charge in [-0.15, -0.1) is 0 Å². The van der Waals surface area contributed by atoms with Crippen LogP contribution in [0.3, 0.4) is 0 Å². The first kappa shape index (κ1) is 3.81. The molecule has 2 heteroatoms. The highest BCUT2D eigenvalue weighted by atomic mass is 16.5. The van der Waals surface area contributed by atoms with E-state index in [9.17, 15) is 4.79 Å². The monoisotopic (exact) mass is 86.0 g/mol. The van der Waals surface area contributed by atoms with Crippen LogP contribution in [-0.2, 0) is 9.53 Å². The standard InChI is InChI=1S/C4H6O2/c1-3-4(5)2-6-3/h3H,2H2,1H3/t3-/m1/s1. The van der Waals surface area contributed by atoms with Gasteiger partial charge in [0.05, 0.1) is 0 Å². The van der Waals surface area contributed by atoms with Crippen LogP contribution in [0.25, 0.3) is 0 Å². The molecule has 1 rings (SSSR count). The van der Waals surface area contributed by atoms with E-state index in [2.05, 4.69) is 0 Å². The highest BCUT2D eigenvalue weighted by Crippen LogP contribution is 2.02. The lowest BCUT2D eigenvalue weighted by Crippen LogP contribution is -2.37. The molecule has 2 nitrogen and oxygen atoms in total. The quantitative estimate of drug-likeness (QED) is 0.414. The molecule has 6 heavy (non-hydrogen) atoms. The molecular weight excluding hydrogens is 80.0 g/mol. The minimum absolute atomic E-state index is 0.106. The zero-order chi connectivity index (χ0) is 4.57. The molecule has 1 fully saturated rings. The molecule has 1 saturated heterocycles. The van der Waals surface area contributed by atoms with Crippen molar-refractivity contribution in [2.24, 2.45) is 0 Å². The second-order valence-corrected chi connectivity index (χ2v) is 1.42. The lowest BCUT2D eigenvalue weighted by molar-refractivity contribution is -0.152. The smallest absolute Gasteiger partial charge is 0.186 e. The summed E-state index contributed by atoms with van der Waals surface area (Å²) >= 11 is 0. The van der Waals surface area contributed by atoms with Crippen LogP contribution in [0.4, 0.5) is 0 Å². The predicted octanol–water partition coefficient (Wildman–Crippen LogP) is -0.0258. The summed E-state index contributed by atoms with van der Waals surface area (Å²) in [6.07, 6.45) is -0.106. The van der Waals surface area contributed by atoms with Crippen LogP contribution >= 0.6 is 0 Å². The number of ether oxygens (including phenoxy) is 1. The van der Waals surface area contributed by atoms with Gasteiger partial charge in [0.2, 0.25) is 0 Å². The van der Waals surface area contributed by atoms with Crippen molar-refractivity contribution in [2.75, 3.05) is 6.61 Å². The average molecular weight is 86.1 g/mol. The maximum absolute atomic E-state index is 10.1. The van der Waals surface area contributed by atoms with E-state index >= 15 is 0 Å². The summed E-state index contributed by atoms with van der Waals surface area (Å²) in [5, 5.41) is 0. The minimum Gasteiger partial charge on any atom is -0.363 e. The van der Waals surface area contributed by atoms with Gasteiger partial charge in [0, 0.05) is 0 Å². The first-order valence-electron chi connectivity index (χ1n) is 1.95. The molecule has 1 aliphatic heterocycles. The highest BCUT2D eigenvalue weighted by Gasteiger charge is 2.22. The molecule has 0 aromatic heterocycles. The van der Waals surface area contributed by atoms with Crippen LogP contribution in [0.2, 0.25) is 0 Å². The predicted molar refractivity (Wildman–Crippen MR) is 20.4 cm³/mol. The van der Waals surface area contributed by atoms with Crippen LogP contribution in [0.15, 0.2) is 0 Å². The molecule has 0 radical (unpaired) electrons. The van der Waals surface area contributed by atoms with Crippen LogP contribution in [0.5, 0.6) is 0 Å². The Balaban J connectivity index is 2.39. The maximum atomic E-state index is 10.1. The molecule has 1 aliphatic rings. The Morgan fingerprint density at radius 2 is 2.50 bits per heavy atom. The zero-order valence-corrected chi connectivity index (χ0v) is 3.60. The van der Waals surface area contributed by atoms with Gasteiger partial charge in [0.15, 0.2) is 5.78 Å². The fourth-order valence-corrected chi connectivity index (χ4v) is 0.318. The molecular formula is C4H6O2. The van der Waals surface area contributed by atoms with E-state index in [-0.39, 0.29) is 11.9 Å². The van der Waals surface area contributed by atoms with E-state index in [1.54, 1.807) is 6.92 Å². The molecule has 0 saturated carbocycles. The van der Waals surface area contributed by atoms with Gasteiger partial charge in [0.25, 0.3) is 0 Å². The number of hydrogen-bond donors (Lipinski definition) is 0. The summed E-state index contributed by atoms with van der Waals surface area (Å²) in [5.41, 5.74) is 0. The van der Waals surface area contributed by atoms with E-state index in [1.165, 1.54) is 0 Å². The molecule has 0 aromatic rings. The van der Waals surface area contributed by atoms with Crippen LogP contribution in [-0.4, -0.2) is 18.5 Å². The second-order valence-electron chi connectivity index (χ2n) is 1.42. The lowest BCUT2D eigenvalue weighted by Gasteiger charge is -2.19. The Hall–Kier alpha value is -0.370. The number of Topliss-reactive ketones (excluding diaryl/α,β-unsaturated/α-hetero) is 1. The topological polar surface area (TPSA) is 26.3 Å². The fraction of sp³-hybridized carbons (Fsp3) is 0.750. The number of carbonyl (C=O) groups excluding carboxylic acids is 1. The van der Waals surface area contributed by atoms with Crippen molar-refractivity contribution < 1.29 is 9.53 Å². The summed E-state index contributed by atoms with van der Waals surface area (Å²) in [5.74, 6) is 0.218. The average Bonchev–Trinajstić information content (AvgIpc) is 1.61. The molecule has 0 N–H and O–H groups in total. The molecule has 0 aliphatic carbocycles. The second kappa shape index (κ2) is 1.05. The molecule has 0 amide bonds. The molecule has 1 heterocycles. The van der Waals surface area contributed by atoms with E-state index in [0.29, 0.717) is 6.61 Å². The summed E-state index contributed by atoms with van der Waals surface area (Å²) in [6.45, 7) is 2.09. The molecule has 0 aromatic carbocycles. The first-order valence-corrected chi connectivity index (χ1v) is 1.95. The van der Waals surface area contributed by atoms with Gasteiger partial charge in [-0.25, -0.2) is 0 Å². The normalized spacial score (nSPS) is 32.8. The Bertz CT molecular complexity index is 77.6. The Morgan fingerprint density at radius 1 is 2.00 bits per heavy atom. The number of rotatable bonds is 0. The van der Waals surface area contributed by atoms with Crippen molar-refractivity contribution in [1.29, 1.82) is 0 Å². The lowest BCUT2D eigenvalue weighted by atomic mass is 10.2. The maximum Gasteiger partial charge on any atom is 0.186 e. The SMILES string of the molecule is C[C@H]1OCC1=O. The summed E-state index contributed by atoms with van der Waals surface area (Å²) < 4.78 is 4.69. The van der Waals surface area contributed by atoms with Crippen molar-refractivity contribution in [3.63, 3.8) is 0 Å². The Morgan fingerprint density at radius 3 is 2.50 bits per heavy atom. The molecule has 0 bridgehead atoms. The van der Waals surface area contributed by atoms with Gasteiger partial charge in [-0.1, -0.05) is 0 Å². The fourth-order valence-electron chi connectivity index (χ4n) is 0.318. The van der Waals surface area contributed by atoms with E-state index in [1.807, 2.05) is 0 Å². The third kappa shape index (κ3) is 0.337. The van der Waals surface area contributed by atoms with Crippen LogP contribution < -0.4 is 0 Å². The van der Waals surface area contributed by atoms with Gasteiger partial charge in [0.1, 0.15) is 12.7 Å². The van der Waals surface area contributed by atoms with Gasteiger partial charge in [-0.2, -0.15) is 0 Å². The van der Waals surface area contributed by atoms with Crippen LogP contribution in [0.1, 0.15) is 6.92 Å². The summed E-state index contributed by atoms with van der Waals surface area (Å²) in [6, 6.07) is 0. The molecule has 0 unspecified atom stereocenters. The van der Waals surface area contributed by atoms with Crippen molar-refractivity contribution in [3.8, 4) is 0 Å². The highest BCUT2D eigenvalue weighted by molar-refractivity contribution is 5.87. The van der Waals surface area contributed by atoms with Gasteiger partial charge < -0.3 is 4.74 Å². The van der Waals surface area contributed by atoms with Gasteiger partial charge in [-0.3, -0.25) is 4.79 Å². The summed E-state index contributed by atoms with van der Waals surface area (Å²) in [7, 11) is 0. The molecule has 34 valence electrons. The Kier molecular flexibility index (Phi) is 0.665. The number of carbonyl (C=O) groups is 1. The third-order valence-corrected chi connectivity index (χ3v) is 0.929. The Labute approximate surface area is 36.1 Å². The van der Waals surface area contributed by atoms with E-state index in [4.69, 9.17) is 4.74 Å². The minimum atomic E-state index is -0.106. The first-order chi connectivity index (χ1) is 2.80. The van der Waals surface area contributed by atoms with E-state index < -0.39 is 0 Å². The number of ketones is 1. The zero-order valence-electron chi connectivity index (χ0n) is 3.60. The van der Waals surface area contributed by atoms with Crippen LogP contribution in [0, 0.1) is 0 Å². The molecule has 1 atom stereocenters. The van der Waals surface area contributed by atoms with Crippen molar-refractivity contribution in [2.45, 2.75) is 13.0 Å². The van der Waals surface area contributed by atoms with Crippen molar-refractivity contribution >= 4 is 5.78 Å². The van der Waals surface area contributed by atoms with Crippen molar-refractivity contribution in [3.05, 3.63) is 0 Å². The van der Waals surface area contributed by atoms with E-state index in [0.717, 1.165) is 0 Å². The van der Waals surface area contributed by atoms with Gasteiger partial charge >= 0.3 is 0 Å². The largest absolute Gasteiger partial charge is 0.363 e.